The lowest BCUT2D eigenvalue weighted by Crippen LogP contribution is -2.29. The highest BCUT2D eigenvalue weighted by molar-refractivity contribution is 7.89. The number of hydrogen-bond donors (Lipinski definition) is 1. The van der Waals surface area contributed by atoms with Crippen LogP contribution in [0.15, 0.2) is 77.0 Å². The zero-order valence-corrected chi connectivity index (χ0v) is 19.1. The highest BCUT2D eigenvalue weighted by atomic mass is 35.5. The van der Waals surface area contributed by atoms with E-state index in [-0.39, 0.29) is 17.5 Å². The van der Waals surface area contributed by atoms with Gasteiger partial charge in [0, 0.05) is 28.9 Å². The third kappa shape index (κ3) is 5.02. The summed E-state index contributed by atoms with van der Waals surface area (Å²) in [5, 5.41) is 8.06. The van der Waals surface area contributed by atoms with Gasteiger partial charge < -0.3 is 0 Å². The van der Waals surface area contributed by atoms with Gasteiger partial charge in [-0.1, -0.05) is 46.9 Å². The Morgan fingerprint density at radius 1 is 1.03 bits per heavy atom. The Labute approximate surface area is 195 Å². The summed E-state index contributed by atoms with van der Waals surface area (Å²) >= 11 is 18.5. The number of hydrogen-bond acceptors (Lipinski definition) is 5. The van der Waals surface area contributed by atoms with E-state index in [9.17, 15) is 8.42 Å². The topological polar surface area (TPSA) is 74.7 Å². The standard InChI is InChI=1S/C21H17Cl3N4O2S/c22-15-5-3-14(4-6-15)21-11-17(12-26-31(29,30)18-2-1-9-25-13-18)27-28(21)20-8-7-16(23)10-19(20)24/h1-10,13,21,26H,11-12H2. The number of sulfonamides is 1. The molecule has 1 aliphatic rings. The number of anilines is 1. The first-order valence-corrected chi connectivity index (χ1v) is 11.9. The molecule has 160 valence electrons. The summed E-state index contributed by atoms with van der Waals surface area (Å²) in [6, 6.07) is 15.5. The molecule has 10 heteroatoms. The molecule has 1 N–H and O–H groups in total. The first-order valence-electron chi connectivity index (χ1n) is 9.29. The molecule has 3 aromatic rings. The molecule has 0 aliphatic carbocycles. The first-order chi connectivity index (χ1) is 14.8. The summed E-state index contributed by atoms with van der Waals surface area (Å²) in [5.74, 6) is 0. The van der Waals surface area contributed by atoms with Crippen LogP contribution in [0.3, 0.4) is 0 Å². The second-order valence-electron chi connectivity index (χ2n) is 6.89. The van der Waals surface area contributed by atoms with Gasteiger partial charge in [-0.3, -0.25) is 9.99 Å². The number of nitrogens with one attached hydrogen (secondary N) is 1. The SMILES string of the molecule is O=S(=O)(NCC1=NN(c2ccc(Cl)cc2Cl)C(c2ccc(Cl)cc2)C1)c1cccnc1. The molecule has 0 radical (unpaired) electrons. The monoisotopic (exact) mass is 494 g/mol. The molecule has 1 aromatic heterocycles. The van der Waals surface area contributed by atoms with Gasteiger partial charge in [0.2, 0.25) is 10.0 Å². The van der Waals surface area contributed by atoms with Crippen molar-refractivity contribution < 1.29 is 8.42 Å². The highest BCUT2D eigenvalue weighted by Crippen LogP contribution is 2.39. The summed E-state index contributed by atoms with van der Waals surface area (Å²) in [6.45, 7) is 0.0586. The molecule has 0 saturated carbocycles. The summed E-state index contributed by atoms with van der Waals surface area (Å²) in [4.78, 5) is 3.96. The van der Waals surface area contributed by atoms with Crippen LogP contribution < -0.4 is 9.73 Å². The minimum absolute atomic E-state index is 0.0586. The highest BCUT2D eigenvalue weighted by Gasteiger charge is 2.31. The van der Waals surface area contributed by atoms with Gasteiger partial charge in [-0.15, -0.1) is 0 Å². The van der Waals surface area contributed by atoms with Gasteiger partial charge in [-0.2, -0.15) is 5.10 Å². The second kappa shape index (κ2) is 9.14. The van der Waals surface area contributed by atoms with Crippen LogP contribution >= 0.6 is 34.8 Å². The Balaban J connectivity index is 1.62. The number of aromatic nitrogens is 1. The lowest BCUT2D eigenvalue weighted by Gasteiger charge is -2.25. The number of nitrogens with zero attached hydrogens (tertiary/aromatic N) is 3. The number of pyridine rings is 1. The van der Waals surface area contributed by atoms with Gasteiger partial charge in [0.25, 0.3) is 0 Å². The normalized spacial score (nSPS) is 16.4. The van der Waals surface area contributed by atoms with Gasteiger partial charge >= 0.3 is 0 Å². The molecular weight excluding hydrogens is 479 g/mol. The average molecular weight is 496 g/mol. The third-order valence-electron chi connectivity index (χ3n) is 4.80. The zero-order valence-electron chi connectivity index (χ0n) is 16.0. The first kappa shape index (κ1) is 22.0. The number of hydrazone groups is 1. The van der Waals surface area contributed by atoms with Crippen molar-refractivity contribution in [3.05, 3.63) is 87.6 Å². The van der Waals surface area contributed by atoms with E-state index in [1.807, 2.05) is 24.3 Å². The molecule has 0 spiro atoms. The van der Waals surface area contributed by atoms with Crippen LogP contribution in [-0.4, -0.2) is 25.7 Å². The van der Waals surface area contributed by atoms with Crippen molar-refractivity contribution >= 4 is 56.2 Å². The zero-order chi connectivity index (χ0) is 22.0. The van der Waals surface area contributed by atoms with Crippen molar-refractivity contribution in [3.63, 3.8) is 0 Å². The van der Waals surface area contributed by atoms with Crippen LogP contribution in [0.4, 0.5) is 5.69 Å². The average Bonchev–Trinajstić information content (AvgIpc) is 3.17. The Morgan fingerprint density at radius 3 is 2.45 bits per heavy atom. The summed E-state index contributed by atoms with van der Waals surface area (Å²) in [5.41, 5.74) is 2.32. The minimum atomic E-state index is -3.70. The Hall–Kier alpha value is -2.16. The molecule has 0 bridgehead atoms. The molecule has 1 aliphatic heterocycles. The maximum Gasteiger partial charge on any atom is 0.242 e. The molecule has 31 heavy (non-hydrogen) atoms. The van der Waals surface area contributed by atoms with E-state index in [0.717, 1.165) is 5.56 Å². The van der Waals surface area contributed by atoms with Gasteiger partial charge in [0.05, 0.1) is 29.0 Å². The predicted octanol–water partition coefficient (Wildman–Crippen LogP) is 5.33. The van der Waals surface area contributed by atoms with Crippen molar-refractivity contribution in [2.75, 3.05) is 11.6 Å². The van der Waals surface area contributed by atoms with Crippen LogP contribution in [0, 0.1) is 0 Å². The van der Waals surface area contributed by atoms with E-state index in [1.54, 1.807) is 29.3 Å². The van der Waals surface area contributed by atoms with Crippen LogP contribution in [0.5, 0.6) is 0 Å². The Kier molecular flexibility index (Phi) is 6.50. The van der Waals surface area contributed by atoms with Gasteiger partial charge in [0.1, 0.15) is 4.90 Å². The van der Waals surface area contributed by atoms with E-state index in [4.69, 9.17) is 34.8 Å². The quantitative estimate of drug-likeness (QED) is 0.502. The van der Waals surface area contributed by atoms with Gasteiger partial charge in [0.15, 0.2) is 0 Å². The predicted molar refractivity (Wildman–Crippen MR) is 125 cm³/mol. The van der Waals surface area contributed by atoms with E-state index in [0.29, 0.717) is 32.9 Å². The molecule has 0 fully saturated rings. The molecule has 1 atom stereocenters. The summed E-state index contributed by atoms with van der Waals surface area (Å²) in [7, 11) is -3.70. The maximum absolute atomic E-state index is 12.6. The van der Waals surface area contributed by atoms with Gasteiger partial charge in [-0.25, -0.2) is 13.1 Å². The Bertz CT molecular complexity index is 1220. The molecule has 0 amide bonds. The molecule has 6 nitrogen and oxygen atoms in total. The van der Waals surface area contributed by atoms with Crippen LogP contribution in [0.2, 0.25) is 15.1 Å². The van der Waals surface area contributed by atoms with Crippen molar-refractivity contribution in [3.8, 4) is 0 Å². The molecule has 2 heterocycles. The molecule has 4 rings (SSSR count). The number of benzene rings is 2. The van der Waals surface area contributed by atoms with Crippen molar-refractivity contribution in [2.45, 2.75) is 17.4 Å². The maximum atomic E-state index is 12.6. The lowest BCUT2D eigenvalue weighted by atomic mass is 10.0. The molecule has 1 unspecified atom stereocenters. The van der Waals surface area contributed by atoms with E-state index < -0.39 is 10.0 Å². The smallest absolute Gasteiger partial charge is 0.242 e. The molecular formula is C21H17Cl3N4O2S. The molecule has 2 aromatic carbocycles. The largest absolute Gasteiger partial charge is 0.263 e. The fraction of sp³-hybridized carbons (Fsp3) is 0.143. The van der Waals surface area contributed by atoms with Crippen LogP contribution in [-0.2, 0) is 10.0 Å². The third-order valence-corrected chi connectivity index (χ3v) is 6.97. The van der Waals surface area contributed by atoms with Crippen molar-refractivity contribution in [2.24, 2.45) is 5.10 Å². The second-order valence-corrected chi connectivity index (χ2v) is 9.94. The van der Waals surface area contributed by atoms with Crippen LogP contribution in [0.1, 0.15) is 18.0 Å². The van der Waals surface area contributed by atoms with Crippen LogP contribution in [0.25, 0.3) is 0 Å². The summed E-state index contributed by atoms with van der Waals surface area (Å²) < 4.78 is 27.7. The van der Waals surface area contributed by atoms with E-state index in [2.05, 4.69) is 14.8 Å². The fourth-order valence-corrected chi connectivity index (χ4v) is 4.88. The Morgan fingerprint density at radius 2 is 1.77 bits per heavy atom. The number of halogens is 3. The minimum Gasteiger partial charge on any atom is -0.263 e. The molecule has 0 saturated heterocycles. The van der Waals surface area contributed by atoms with E-state index >= 15 is 0 Å². The van der Waals surface area contributed by atoms with Crippen molar-refractivity contribution in [1.82, 2.24) is 9.71 Å². The lowest BCUT2D eigenvalue weighted by molar-refractivity contribution is 0.585. The fourth-order valence-electron chi connectivity index (χ4n) is 3.28. The summed E-state index contributed by atoms with van der Waals surface area (Å²) in [6.07, 6.45) is 3.33. The van der Waals surface area contributed by atoms with Crippen molar-refractivity contribution in [1.29, 1.82) is 0 Å². The van der Waals surface area contributed by atoms with E-state index in [1.165, 1.54) is 18.5 Å². The van der Waals surface area contributed by atoms with Gasteiger partial charge in [-0.05, 0) is 48.0 Å². The number of rotatable bonds is 6.